The van der Waals surface area contributed by atoms with Crippen molar-refractivity contribution in [1.82, 2.24) is 5.32 Å². The van der Waals surface area contributed by atoms with Crippen LogP contribution in [0.3, 0.4) is 0 Å². The smallest absolute Gasteiger partial charge is 0.336 e. The molecule has 0 spiro atoms. The van der Waals surface area contributed by atoms with Gasteiger partial charge in [0, 0.05) is 33.8 Å². The average Bonchev–Trinajstić information content (AvgIpc) is 2.79. The van der Waals surface area contributed by atoms with Crippen molar-refractivity contribution in [3.8, 4) is 5.75 Å². The normalized spacial score (nSPS) is 17.9. The van der Waals surface area contributed by atoms with Gasteiger partial charge >= 0.3 is 5.97 Å². The van der Waals surface area contributed by atoms with Crippen molar-refractivity contribution >= 4 is 27.7 Å². The van der Waals surface area contributed by atoms with Crippen molar-refractivity contribution in [2.24, 2.45) is 0 Å². The van der Waals surface area contributed by atoms with E-state index in [1.165, 1.54) is 0 Å². The largest absolute Gasteiger partial charge is 0.489 e. The number of aryl methyl sites for hydroxylation is 2. The van der Waals surface area contributed by atoms with Crippen LogP contribution in [0.25, 0.3) is 0 Å². The zero-order valence-electron chi connectivity index (χ0n) is 20.1. The summed E-state index contributed by atoms with van der Waals surface area (Å²) >= 11 is 3.45. The number of allylic oxidation sites excluding steroid dienone is 3. The van der Waals surface area contributed by atoms with Gasteiger partial charge in [0.1, 0.15) is 12.4 Å². The minimum atomic E-state index is -0.449. The van der Waals surface area contributed by atoms with E-state index in [2.05, 4.69) is 40.3 Å². The van der Waals surface area contributed by atoms with E-state index in [4.69, 9.17) is 9.47 Å². The third-order valence-corrected chi connectivity index (χ3v) is 7.04. The standard InChI is InChI=1S/C28H30BrNO4/c1-5-33-28(32)25-18(4)30-23-7-6-8-24(31)27(23)26(25)22-14-19(16(2)13-17(22)3)15-34-21-11-9-20(29)10-12-21/h9-14,26,30H,5-8,15H2,1-4H3. The van der Waals surface area contributed by atoms with E-state index in [-0.39, 0.29) is 18.4 Å². The first-order valence-corrected chi connectivity index (χ1v) is 12.5. The van der Waals surface area contributed by atoms with Gasteiger partial charge in [-0.2, -0.15) is 0 Å². The summed E-state index contributed by atoms with van der Waals surface area (Å²) < 4.78 is 12.5. The van der Waals surface area contributed by atoms with Gasteiger partial charge in [-0.1, -0.05) is 28.1 Å². The van der Waals surface area contributed by atoms with Crippen LogP contribution in [0.2, 0.25) is 0 Å². The van der Waals surface area contributed by atoms with E-state index in [0.29, 0.717) is 24.2 Å². The van der Waals surface area contributed by atoms with Crippen molar-refractivity contribution in [3.05, 3.63) is 85.7 Å². The molecule has 0 bridgehead atoms. The molecular formula is C28H30BrNO4. The number of dihydropyridines is 1. The molecule has 4 rings (SSSR count). The fourth-order valence-corrected chi connectivity index (χ4v) is 5.11. The maximum Gasteiger partial charge on any atom is 0.336 e. The molecule has 2 aromatic rings. The van der Waals surface area contributed by atoms with Crippen molar-refractivity contribution in [3.63, 3.8) is 0 Å². The maximum atomic E-state index is 13.1. The first kappa shape index (κ1) is 24.3. The maximum absolute atomic E-state index is 13.1. The number of Topliss-reactive ketones (excluding diaryl/α,β-unsaturated/α-hetero) is 1. The quantitative estimate of drug-likeness (QED) is 0.458. The highest BCUT2D eigenvalue weighted by atomic mass is 79.9. The third kappa shape index (κ3) is 4.83. The number of esters is 1. The minimum Gasteiger partial charge on any atom is -0.489 e. The lowest BCUT2D eigenvalue weighted by molar-refractivity contribution is -0.138. The molecule has 1 unspecified atom stereocenters. The van der Waals surface area contributed by atoms with E-state index in [0.717, 1.165) is 56.7 Å². The summed E-state index contributed by atoms with van der Waals surface area (Å²) in [7, 11) is 0. The molecule has 1 N–H and O–H groups in total. The van der Waals surface area contributed by atoms with Gasteiger partial charge in [-0.15, -0.1) is 0 Å². The lowest BCUT2D eigenvalue weighted by Gasteiger charge is -2.35. The summed E-state index contributed by atoms with van der Waals surface area (Å²) in [5.74, 6) is 0.0490. The summed E-state index contributed by atoms with van der Waals surface area (Å²) in [6.45, 7) is 8.45. The highest BCUT2D eigenvalue weighted by Crippen LogP contribution is 2.44. The number of carbonyl (C=O) groups is 2. The molecule has 0 amide bonds. The highest BCUT2D eigenvalue weighted by molar-refractivity contribution is 9.10. The van der Waals surface area contributed by atoms with Gasteiger partial charge in [0.05, 0.1) is 12.2 Å². The van der Waals surface area contributed by atoms with E-state index in [9.17, 15) is 9.59 Å². The van der Waals surface area contributed by atoms with Crippen LogP contribution >= 0.6 is 15.9 Å². The number of ketones is 1. The first-order chi connectivity index (χ1) is 16.3. The van der Waals surface area contributed by atoms with Gasteiger partial charge in [0.2, 0.25) is 0 Å². The number of carbonyl (C=O) groups excluding carboxylic acids is 2. The Morgan fingerprint density at radius 3 is 2.53 bits per heavy atom. The van der Waals surface area contributed by atoms with Crippen LogP contribution in [0.4, 0.5) is 0 Å². The fraction of sp³-hybridized carbons (Fsp3) is 0.357. The van der Waals surface area contributed by atoms with E-state index in [1.807, 2.05) is 38.1 Å². The van der Waals surface area contributed by atoms with E-state index < -0.39 is 5.92 Å². The SMILES string of the molecule is CCOC(=O)C1=C(C)NC2=C(C(=O)CCC2)C1c1cc(COc2ccc(Br)cc2)c(C)cc1C. The second kappa shape index (κ2) is 10.2. The second-order valence-corrected chi connectivity index (χ2v) is 9.78. The van der Waals surface area contributed by atoms with Crippen LogP contribution in [0.5, 0.6) is 5.75 Å². The van der Waals surface area contributed by atoms with Gasteiger partial charge in [0.15, 0.2) is 5.78 Å². The Kier molecular flexibility index (Phi) is 7.27. The molecule has 1 aliphatic heterocycles. The number of ether oxygens (including phenoxy) is 2. The van der Waals surface area contributed by atoms with Crippen LogP contribution < -0.4 is 10.1 Å². The van der Waals surface area contributed by atoms with Crippen LogP contribution in [-0.4, -0.2) is 18.4 Å². The van der Waals surface area contributed by atoms with Crippen molar-refractivity contribution in [1.29, 1.82) is 0 Å². The Bertz CT molecular complexity index is 1190. The van der Waals surface area contributed by atoms with Crippen LogP contribution in [0.1, 0.15) is 61.3 Å². The predicted octanol–water partition coefficient (Wildman–Crippen LogP) is 6.18. The van der Waals surface area contributed by atoms with Gasteiger partial charge in [-0.05, 0) is 87.1 Å². The lowest BCUT2D eigenvalue weighted by atomic mass is 9.73. The Labute approximate surface area is 209 Å². The summed E-state index contributed by atoms with van der Waals surface area (Å²) in [5, 5.41) is 3.34. The monoisotopic (exact) mass is 523 g/mol. The molecule has 0 radical (unpaired) electrons. The number of hydrogen-bond acceptors (Lipinski definition) is 5. The summed E-state index contributed by atoms with van der Waals surface area (Å²) in [6, 6.07) is 11.9. The zero-order chi connectivity index (χ0) is 24.4. The van der Waals surface area contributed by atoms with E-state index >= 15 is 0 Å². The molecule has 0 fully saturated rings. The molecule has 2 aliphatic rings. The Hall–Kier alpha value is -2.86. The molecular weight excluding hydrogens is 494 g/mol. The van der Waals surface area contributed by atoms with Crippen molar-refractivity contribution < 1.29 is 19.1 Å². The number of hydrogen-bond donors (Lipinski definition) is 1. The number of benzene rings is 2. The van der Waals surface area contributed by atoms with Gasteiger partial charge in [0.25, 0.3) is 0 Å². The zero-order valence-corrected chi connectivity index (χ0v) is 21.7. The molecule has 178 valence electrons. The molecule has 0 saturated carbocycles. The summed E-state index contributed by atoms with van der Waals surface area (Å²) in [5.41, 5.74) is 7.02. The van der Waals surface area contributed by atoms with Crippen molar-refractivity contribution in [2.75, 3.05) is 6.61 Å². The first-order valence-electron chi connectivity index (χ1n) is 11.7. The number of nitrogens with one attached hydrogen (secondary N) is 1. The molecule has 6 heteroatoms. The fourth-order valence-electron chi connectivity index (χ4n) is 4.85. The Balaban J connectivity index is 1.78. The molecule has 1 aliphatic carbocycles. The van der Waals surface area contributed by atoms with Crippen LogP contribution in [0.15, 0.2) is 63.4 Å². The summed E-state index contributed by atoms with van der Waals surface area (Å²) in [6.07, 6.45) is 2.12. The van der Waals surface area contributed by atoms with Gasteiger partial charge in [-0.3, -0.25) is 4.79 Å². The highest BCUT2D eigenvalue weighted by Gasteiger charge is 2.39. The minimum absolute atomic E-state index is 0.0979. The van der Waals surface area contributed by atoms with Gasteiger partial charge < -0.3 is 14.8 Å². The number of halogens is 1. The topological polar surface area (TPSA) is 64.6 Å². The van der Waals surface area contributed by atoms with Gasteiger partial charge in [-0.25, -0.2) is 4.79 Å². The Morgan fingerprint density at radius 2 is 1.82 bits per heavy atom. The lowest BCUT2D eigenvalue weighted by Crippen LogP contribution is -2.34. The molecule has 1 atom stereocenters. The molecule has 1 heterocycles. The summed E-state index contributed by atoms with van der Waals surface area (Å²) in [4.78, 5) is 26.2. The third-order valence-electron chi connectivity index (χ3n) is 6.51. The molecule has 34 heavy (non-hydrogen) atoms. The van der Waals surface area contributed by atoms with Crippen LogP contribution in [0, 0.1) is 13.8 Å². The average molecular weight is 524 g/mol. The van der Waals surface area contributed by atoms with E-state index in [1.54, 1.807) is 6.92 Å². The second-order valence-electron chi connectivity index (χ2n) is 8.86. The predicted molar refractivity (Wildman–Crippen MR) is 135 cm³/mol. The van der Waals surface area contributed by atoms with Crippen LogP contribution in [-0.2, 0) is 20.9 Å². The molecule has 5 nitrogen and oxygen atoms in total. The van der Waals surface area contributed by atoms with Crippen molar-refractivity contribution in [2.45, 2.75) is 59.5 Å². The Morgan fingerprint density at radius 1 is 1.09 bits per heavy atom. The number of rotatable bonds is 6. The molecule has 0 saturated heterocycles. The molecule has 0 aromatic heterocycles. The molecule has 2 aromatic carbocycles.